The summed E-state index contributed by atoms with van der Waals surface area (Å²) in [6.07, 6.45) is 1.54. The number of nitrogens with zero attached hydrogens (tertiary/aromatic N) is 1. The van der Waals surface area contributed by atoms with E-state index in [1.165, 1.54) is 0 Å². The molecule has 1 fully saturated rings. The summed E-state index contributed by atoms with van der Waals surface area (Å²) in [6, 6.07) is 6.26. The Morgan fingerprint density at radius 1 is 1.27 bits per heavy atom. The standard InChI is InChI=1S/C18H20Cl2N2O3.ClH/c1-10-6-12(8-22-18(10)25-13-4-5-24-9-13)17(23)16(21)11-2-3-14(19)15(20)7-11;/h2-3,6-8,13,16-17,23H,4-5,9,21H2,1H3;1H/t13?,16-,17+;/m0./s1. The van der Waals surface area contributed by atoms with Gasteiger partial charge >= 0.3 is 0 Å². The number of ether oxygens (including phenoxy) is 2. The van der Waals surface area contributed by atoms with Crippen LogP contribution >= 0.6 is 35.6 Å². The van der Waals surface area contributed by atoms with E-state index in [4.69, 9.17) is 38.4 Å². The summed E-state index contributed by atoms with van der Waals surface area (Å²) < 4.78 is 11.1. The van der Waals surface area contributed by atoms with Crippen LogP contribution in [0.5, 0.6) is 5.88 Å². The van der Waals surface area contributed by atoms with Gasteiger partial charge in [0.1, 0.15) is 6.10 Å². The largest absolute Gasteiger partial charge is 0.472 e. The zero-order valence-electron chi connectivity index (χ0n) is 14.2. The number of aliphatic hydroxyl groups is 1. The van der Waals surface area contributed by atoms with Crippen LogP contribution in [0, 0.1) is 6.92 Å². The van der Waals surface area contributed by atoms with Crippen LogP contribution in [-0.2, 0) is 4.74 Å². The molecule has 0 bridgehead atoms. The van der Waals surface area contributed by atoms with Crippen molar-refractivity contribution in [1.29, 1.82) is 0 Å². The zero-order chi connectivity index (χ0) is 18.0. The van der Waals surface area contributed by atoms with Crippen molar-refractivity contribution in [2.45, 2.75) is 31.6 Å². The van der Waals surface area contributed by atoms with Crippen LogP contribution in [0.3, 0.4) is 0 Å². The molecule has 0 radical (unpaired) electrons. The Morgan fingerprint density at radius 2 is 2.04 bits per heavy atom. The van der Waals surface area contributed by atoms with Crippen molar-refractivity contribution in [2.75, 3.05) is 13.2 Å². The number of aliphatic hydroxyl groups excluding tert-OH is 1. The molecule has 3 rings (SSSR count). The maximum absolute atomic E-state index is 10.6. The normalized spacial score (nSPS) is 18.9. The van der Waals surface area contributed by atoms with Crippen LogP contribution < -0.4 is 10.5 Å². The fourth-order valence-electron chi connectivity index (χ4n) is 2.74. The summed E-state index contributed by atoms with van der Waals surface area (Å²) in [4.78, 5) is 4.33. The maximum atomic E-state index is 10.6. The van der Waals surface area contributed by atoms with Crippen molar-refractivity contribution in [3.8, 4) is 5.88 Å². The molecule has 0 amide bonds. The van der Waals surface area contributed by atoms with Gasteiger partial charge in [0.2, 0.25) is 5.88 Å². The zero-order valence-corrected chi connectivity index (χ0v) is 16.5. The first-order valence-electron chi connectivity index (χ1n) is 8.05. The van der Waals surface area contributed by atoms with Gasteiger partial charge < -0.3 is 20.3 Å². The third-order valence-electron chi connectivity index (χ3n) is 4.23. The van der Waals surface area contributed by atoms with Crippen LogP contribution in [0.1, 0.15) is 35.3 Å². The first-order valence-corrected chi connectivity index (χ1v) is 8.81. The minimum absolute atomic E-state index is 0. The van der Waals surface area contributed by atoms with Crippen molar-refractivity contribution in [3.05, 3.63) is 57.2 Å². The number of hydrogen-bond acceptors (Lipinski definition) is 5. The van der Waals surface area contributed by atoms with E-state index in [0.29, 0.717) is 40.3 Å². The Balaban J connectivity index is 0.00000243. The Bertz CT molecular complexity index is 754. The van der Waals surface area contributed by atoms with Gasteiger partial charge in [-0.1, -0.05) is 29.3 Å². The molecule has 8 heteroatoms. The molecule has 3 atom stereocenters. The Hall–Kier alpha value is -1.08. The highest BCUT2D eigenvalue weighted by Gasteiger charge is 2.22. The fraction of sp³-hybridized carbons (Fsp3) is 0.389. The van der Waals surface area contributed by atoms with Gasteiger partial charge in [0, 0.05) is 23.7 Å². The molecule has 2 heterocycles. The highest BCUT2D eigenvalue weighted by atomic mass is 35.5. The summed E-state index contributed by atoms with van der Waals surface area (Å²) in [7, 11) is 0. The van der Waals surface area contributed by atoms with Crippen LogP contribution in [0.25, 0.3) is 0 Å². The van der Waals surface area contributed by atoms with Crippen molar-refractivity contribution >= 4 is 35.6 Å². The van der Waals surface area contributed by atoms with E-state index in [9.17, 15) is 5.11 Å². The lowest BCUT2D eigenvalue weighted by Crippen LogP contribution is -2.20. The molecule has 1 aliphatic rings. The molecule has 1 aliphatic heterocycles. The number of halogens is 3. The number of benzene rings is 1. The number of nitrogens with two attached hydrogens (primary N) is 1. The molecule has 142 valence electrons. The van der Waals surface area contributed by atoms with E-state index < -0.39 is 12.1 Å². The summed E-state index contributed by atoms with van der Waals surface area (Å²) in [6.45, 7) is 3.17. The molecular formula is C18H21Cl3N2O3. The number of aromatic nitrogens is 1. The molecule has 2 aromatic rings. The van der Waals surface area contributed by atoms with Gasteiger partial charge in [-0.15, -0.1) is 12.4 Å². The van der Waals surface area contributed by atoms with Crippen molar-refractivity contribution in [1.82, 2.24) is 4.98 Å². The predicted octanol–water partition coefficient (Wildman–Crippen LogP) is 4.02. The first kappa shape index (κ1) is 21.2. The SMILES string of the molecule is Cc1cc([C@@H](O)[C@@H](N)c2ccc(Cl)c(Cl)c2)cnc1OC1CCOC1.Cl. The van der Waals surface area contributed by atoms with Gasteiger partial charge in [0.25, 0.3) is 0 Å². The number of pyridine rings is 1. The molecule has 0 saturated carbocycles. The van der Waals surface area contributed by atoms with E-state index >= 15 is 0 Å². The van der Waals surface area contributed by atoms with Crippen molar-refractivity contribution < 1.29 is 14.6 Å². The van der Waals surface area contributed by atoms with E-state index in [2.05, 4.69) is 4.98 Å². The fourth-order valence-corrected chi connectivity index (χ4v) is 3.05. The molecule has 0 aliphatic carbocycles. The maximum Gasteiger partial charge on any atom is 0.216 e. The van der Waals surface area contributed by atoms with E-state index in [1.54, 1.807) is 24.4 Å². The van der Waals surface area contributed by atoms with Crippen molar-refractivity contribution in [3.63, 3.8) is 0 Å². The average Bonchev–Trinajstić information content (AvgIpc) is 3.11. The second-order valence-corrected chi connectivity index (χ2v) is 6.95. The van der Waals surface area contributed by atoms with E-state index in [1.807, 2.05) is 13.0 Å². The van der Waals surface area contributed by atoms with Crippen molar-refractivity contribution in [2.24, 2.45) is 5.73 Å². The molecule has 3 N–H and O–H groups in total. The topological polar surface area (TPSA) is 77.6 Å². The summed E-state index contributed by atoms with van der Waals surface area (Å²) in [5.74, 6) is 0.551. The summed E-state index contributed by atoms with van der Waals surface area (Å²) >= 11 is 11.9. The molecule has 1 unspecified atom stereocenters. The summed E-state index contributed by atoms with van der Waals surface area (Å²) in [5.41, 5.74) is 8.33. The van der Waals surface area contributed by atoms with Gasteiger partial charge in [0.15, 0.2) is 0 Å². The van der Waals surface area contributed by atoms with Crippen LogP contribution in [0.4, 0.5) is 0 Å². The quantitative estimate of drug-likeness (QED) is 0.765. The highest BCUT2D eigenvalue weighted by Crippen LogP contribution is 2.32. The molecular weight excluding hydrogens is 399 g/mol. The van der Waals surface area contributed by atoms with Crippen LogP contribution in [-0.4, -0.2) is 29.4 Å². The number of rotatable bonds is 5. The first-order chi connectivity index (χ1) is 12.0. The molecule has 26 heavy (non-hydrogen) atoms. The smallest absolute Gasteiger partial charge is 0.216 e. The second-order valence-electron chi connectivity index (χ2n) is 6.14. The Kier molecular flexibility index (Phi) is 7.52. The monoisotopic (exact) mass is 418 g/mol. The summed E-state index contributed by atoms with van der Waals surface area (Å²) in [5, 5.41) is 11.4. The van der Waals surface area contributed by atoms with E-state index in [0.717, 1.165) is 12.0 Å². The minimum atomic E-state index is -0.924. The molecule has 1 saturated heterocycles. The van der Waals surface area contributed by atoms with E-state index in [-0.39, 0.29) is 18.5 Å². The lowest BCUT2D eigenvalue weighted by Gasteiger charge is -2.21. The van der Waals surface area contributed by atoms with Gasteiger partial charge in [-0.2, -0.15) is 0 Å². The Morgan fingerprint density at radius 3 is 2.65 bits per heavy atom. The number of hydrogen-bond donors (Lipinski definition) is 2. The Labute approximate surface area is 168 Å². The molecule has 1 aromatic heterocycles. The van der Waals surface area contributed by atoms with Gasteiger partial charge in [0.05, 0.1) is 35.4 Å². The van der Waals surface area contributed by atoms with Gasteiger partial charge in [-0.05, 0) is 30.7 Å². The lowest BCUT2D eigenvalue weighted by molar-refractivity contribution is 0.136. The highest BCUT2D eigenvalue weighted by molar-refractivity contribution is 6.42. The lowest BCUT2D eigenvalue weighted by atomic mass is 9.97. The molecule has 0 spiro atoms. The minimum Gasteiger partial charge on any atom is -0.472 e. The third-order valence-corrected chi connectivity index (χ3v) is 4.97. The van der Waals surface area contributed by atoms with Gasteiger partial charge in [-0.3, -0.25) is 0 Å². The van der Waals surface area contributed by atoms with Crippen LogP contribution in [0.2, 0.25) is 10.0 Å². The second kappa shape index (κ2) is 9.22. The van der Waals surface area contributed by atoms with Crippen LogP contribution in [0.15, 0.2) is 30.5 Å². The molecule has 1 aromatic carbocycles. The predicted molar refractivity (Wildman–Crippen MR) is 104 cm³/mol. The van der Waals surface area contributed by atoms with Gasteiger partial charge in [-0.25, -0.2) is 4.98 Å². The molecule has 5 nitrogen and oxygen atoms in total. The average molecular weight is 420 g/mol. The number of aryl methyl sites for hydroxylation is 1. The third kappa shape index (κ3) is 4.80.